The Labute approximate surface area is 219 Å². The normalized spacial score (nSPS) is 12.2. The highest BCUT2D eigenvalue weighted by molar-refractivity contribution is 6.50. The minimum Gasteiger partial charge on any atom is -0.418 e. The van der Waals surface area contributed by atoms with E-state index >= 15 is 0 Å². The van der Waals surface area contributed by atoms with Crippen molar-refractivity contribution in [1.29, 1.82) is 0 Å². The standard InChI is InChI=1S/C29H54N2.BF4/c1-3-5-6-7-8-9-10-11-12-13-14-15-16-17-18-19-20-21-22-23-24-25-29(4-2)31-27-26-30-28-31;2-1(3,4)5/h4,26-29H,2-3,5-25H2,1H3;/q;-1. The number of rotatable bonds is 24. The van der Waals surface area contributed by atoms with Crippen LogP contribution in [0.3, 0.4) is 0 Å². The number of hydrogen-bond acceptors (Lipinski definition) is 1. The lowest BCUT2D eigenvalue weighted by Crippen LogP contribution is -2.03. The smallest absolute Gasteiger partial charge is 0.418 e. The van der Waals surface area contributed by atoms with Crippen LogP contribution in [0.5, 0.6) is 0 Å². The van der Waals surface area contributed by atoms with Gasteiger partial charge in [0.25, 0.3) is 0 Å². The zero-order valence-electron chi connectivity index (χ0n) is 23.1. The third-order valence-corrected chi connectivity index (χ3v) is 6.78. The van der Waals surface area contributed by atoms with Crippen LogP contribution in [0.1, 0.15) is 154 Å². The van der Waals surface area contributed by atoms with E-state index in [4.69, 9.17) is 0 Å². The molecule has 1 unspecified atom stereocenters. The topological polar surface area (TPSA) is 17.8 Å². The number of aromatic nitrogens is 2. The molecule has 1 aromatic rings. The minimum absolute atomic E-state index is 0.419. The van der Waals surface area contributed by atoms with Crippen molar-refractivity contribution >= 4 is 7.25 Å². The van der Waals surface area contributed by atoms with Crippen LogP contribution in [0.4, 0.5) is 17.3 Å². The Bertz CT molecular complexity index is 558. The highest BCUT2D eigenvalue weighted by Gasteiger charge is 2.20. The summed E-state index contributed by atoms with van der Waals surface area (Å²) >= 11 is 0. The molecule has 0 bridgehead atoms. The molecule has 1 atom stereocenters. The van der Waals surface area contributed by atoms with E-state index in [2.05, 4.69) is 29.1 Å². The Morgan fingerprint density at radius 1 is 0.667 bits per heavy atom. The van der Waals surface area contributed by atoms with Gasteiger partial charge in [-0.15, -0.1) is 6.58 Å². The summed E-state index contributed by atoms with van der Waals surface area (Å²) in [6.07, 6.45) is 39.3. The Morgan fingerprint density at radius 2 is 1.00 bits per heavy atom. The quantitative estimate of drug-likeness (QED) is 0.0577. The fourth-order valence-electron chi connectivity index (χ4n) is 4.64. The van der Waals surface area contributed by atoms with Gasteiger partial charge in [0.15, 0.2) is 0 Å². The Kier molecular flexibility index (Phi) is 24.5. The Morgan fingerprint density at radius 3 is 1.28 bits per heavy atom. The second-order valence-electron chi connectivity index (χ2n) is 10.2. The van der Waals surface area contributed by atoms with Gasteiger partial charge in [0.05, 0.1) is 12.4 Å². The second kappa shape index (κ2) is 25.4. The molecule has 36 heavy (non-hydrogen) atoms. The summed E-state index contributed by atoms with van der Waals surface area (Å²) in [7, 11) is -6.00. The van der Waals surface area contributed by atoms with Crippen LogP contribution in [0.15, 0.2) is 31.4 Å². The van der Waals surface area contributed by atoms with Crippen molar-refractivity contribution in [3.05, 3.63) is 31.4 Å². The molecule has 0 amide bonds. The lowest BCUT2D eigenvalue weighted by atomic mass is 10.0. The van der Waals surface area contributed by atoms with Gasteiger partial charge in [-0.05, 0) is 6.42 Å². The first-order valence-electron chi connectivity index (χ1n) is 14.9. The van der Waals surface area contributed by atoms with Crippen LogP contribution in [-0.2, 0) is 0 Å². The van der Waals surface area contributed by atoms with Crippen LogP contribution < -0.4 is 0 Å². The number of unbranched alkanes of at least 4 members (excludes halogenated alkanes) is 20. The summed E-state index contributed by atoms with van der Waals surface area (Å²) in [4.78, 5) is 4.14. The second-order valence-corrected chi connectivity index (χ2v) is 10.2. The van der Waals surface area contributed by atoms with Crippen LogP contribution in [0.2, 0.25) is 0 Å². The van der Waals surface area contributed by atoms with E-state index in [1.54, 1.807) is 0 Å². The van der Waals surface area contributed by atoms with Gasteiger partial charge in [0, 0.05) is 12.4 Å². The molecule has 0 radical (unpaired) electrons. The van der Waals surface area contributed by atoms with E-state index in [0.29, 0.717) is 6.04 Å². The monoisotopic (exact) mass is 517 g/mol. The van der Waals surface area contributed by atoms with Crippen LogP contribution in [-0.4, -0.2) is 16.8 Å². The molecule has 0 fully saturated rings. The van der Waals surface area contributed by atoms with Gasteiger partial charge in [0.2, 0.25) is 0 Å². The molecular weight excluding hydrogens is 463 g/mol. The Balaban J connectivity index is 0.00000222. The fraction of sp³-hybridized carbons (Fsp3) is 0.828. The SMILES string of the molecule is C=CC(CCCCCCCCCCCCCCCCCCCCCCC)n1ccnc1.F[B-](F)(F)F. The maximum Gasteiger partial charge on any atom is 0.673 e. The van der Waals surface area contributed by atoms with Crippen molar-refractivity contribution < 1.29 is 17.3 Å². The van der Waals surface area contributed by atoms with Gasteiger partial charge in [0.1, 0.15) is 0 Å². The third-order valence-electron chi connectivity index (χ3n) is 6.78. The Hall–Kier alpha value is -1.27. The average molecular weight is 518 g/mol. The lowest BCUT2D eigenvalue weighted by molar-refractivity contribution is 0.368. The largest absolute Gasteiger partial charge is 0.673 e. The van der Waals surface area contributed by atoms with E-state index < -0.39 is 7.25 Å². The van der Waals surface area contributed by atoms with Crippen LogP contribution >= 0.6 is 0 Å². The zero-order valence-corrected chi connectivity index (χ0v) is 23.1. The first kappa shape index (κ1) is 34.7. The van der Waals surface area contributed by atoms with Gasteiger partial charge >= 0.3 is 7.25 Å². The number of imidazole rings is 1. The molecule has 0 saturated carbocycles. The summed E-state index contributed by atoms with van der Waals surface area (Å²) in [5.41, 5.74) is 0. The molecular formula is C29H54BF4N2-. The van der Waals surface area contributed by atoms with Crippen LogP contribution in [0.25, 0.3) is 0 Å². The molecule has 1 rings (SSSR count). The molecule has 0 spiro atoms. The predicted octanol–water partition coefficient (Wildman–Crippen LogP) is 11.5. The van der Waals surface area contributed by atoms with Crippen molar-refractivity contribution in [3.63, 3.8) is 0 Å². The number of halogens is 4. The first-order chi connectivity index (χ1) is 17.4. The van der Waals surface area contributed by atoms with Crippen molar-refractivity contribution in [2.45, 2.75) is 154 Å². The molecule has 0 aliphatic heterocycles. The summed E-state index contributed by atoms with van der Waals surface area (Å²) in [5.74, 6) is 0. The highest BCUT2D eigenvalue weighted by Crippen LogP contribution is 2.18. The molecule has 7 heteroatoms. The van der Waals surface area contributed by atoms with Gasteiger partial charge < -0.3 is 21.8 Å². The number of hydrogen-bond donors (Lipinski definition) is 0. The first-order valence-corrected chi connectivity index (χ1v) is 14.9. The van der Waals surface area contributed by atoms with Crippen molar-refractivity contribution in [2.24, 2.45) is 0 Å². The van der Waals surface area contributed by atoms with E-state index in [1.165, 1.54) is 141 Å². The van der Waals surface area contributed by atoms with Gasteiger partial charge in [-0.1, -0.05) is 148 Å². The fourth-order valence-corrected chi connectivity index (χ4v) is 4.64. The molecule has 0 aliphatic carbocycles. The molecule has 0 N–H and O–H groups in total. The van der Waals surface area contributed by atoms with Crippen molar-refractivity contribution in [2.75, 3.05) is 0 Å². The van der Waals surface area contributed by atoms with Crippen molar-refractivity contribution in [1.82, 2.24) is 9.55 Å². The maximum atomic E-state index is 9.75. The zero-order chi connectivity index (χ0) is 26.7. The minimum atomic E-state index is -6.00. The van der Waals surface area contributed by atoms with E-state index in [9.17, 15) is 17.3 Å². The molecule has 1 heterocycles. The average Bonchev–Trinajstić information content (AvgIpc) is 3.36. The molecule has 0 saturated heterocycles. The summed E-state index contributed by atoms with van der Waals surface area (Å²) in [5, 5.41) is 0. The molecule has 0 aliphatic rings. The summed E-state index contributed by atoms with van der Waals surface area (Å²) < 4.78 is 41.2. The molecule has 2 nitrogen and oxygen atoms in total. The lowest BCUT2D eigenvalue weighted by Gasteiger charge is -2.13. The number of nitrogens with zero attached hydrogens (tertiary/aromatic N) is 2. The molecule has 0 aromatic carbocycles. The van der Waals surface area contributed by atoms with Gasteiger partial charge in [-0.2, -0.15) is 0 Å². The van der Waals surface area contributed by atoms with E-state index in [1.807, 2.05) is 18.7 Å². The van der Waals surface area contributed by atoms with Crippen molar-refractivity contribution in [3.8, 4) is 0 Å². The van der Waals surface area contributed by atoms with E-state index in [-0.39, 0.29) is 0 Å². The van der Waals surface area contributed by atoms with E-state index in [0.717, 1.165) is 0 Å². The summed E-state index contributed by atoms with van der Waals surface area (Å²) in [6.45, 7) is 6.27. The summed E-state index contributed by atoms with van der Waals surface area (Å²) in [6, 6.07) is 0.419. The van der Waals surface area contributed by atoms with Crippen LogP contribution in [0, 0.1) is 0 Å². The molecule has 1 aromatic heterocycles. The maximum absolute atomic E-state index is 9.75. The van der Waals surface area contributed by atoms with Gasteiger partial charge in [-0.3, -0.25) is 0 Å². The third kappa shape index (κ3) is 27.3. The molecule has 212 valence electrons. The number of allylic oxidation sites excluding steroid dienone is 1. The highest BCUT2D eigenvalue weighted by atomic mass is 19.5. The van der Waals surface area contributed by atoms with Gasteiger partial charge in [-0.25, -0.2) is 4.98 Å². The predicted molar refractivity (Wildman–Crippen MR) is 149 cm³/mol.